The molecule has 0 unspecified atom stereocenters. The van der Waals surface area contributed by atoms with E-state index in [2.05, 4.69) is 17.2 Å². The molecule has 152 valence electrons. The number of sulfone groups is 1. The number of anilines is 2. The minimum atomic E-state index is -3.09. The molecule has 2 atom stereocenters. The molecule has 0 spiro atoms. The van der Waals surface area contributed by atoms with Crippen LogP contribution in [0.4, 0.5) is 11.4 Å². The van der Waals surface area contributed by atoms with Gasteiger partial charge in [-0.15, -0.1) is 0 Å². The molecular formula is C21H23N3O3S2. The summed E-state index contributed by atoms with van der Waals surface area (Å²) in [5.74, 6) is 0.278. The number of amidine groups is 1. The third-order valence-electron chi connectivity index (χ3n) is 5.15. The van der Waals surface area contributed by atoms with Crippen molar-refractivity contribution >= 4 is 44.0 Å². The van der Waals surface area contributed by atoms with Crippen molar-refractivity contribution in [1.29, 1.82) is 0 Å². The summed E-state index contributed by atoms with van der Waals surface area (Å²) in [6, 6.07) is 16.9. The number of carbonyl (C=O) groups excluding carboxylic acids is 1. The van der Waals surface area contributed by atoms with Crippen LogP contribution in [0.3, 0.4) is 0 Å². The summed E-state index contributed by atoms with van der Waals surface area (Å²) in [4.78, 5) is 19.2. The Bertz CT molecular complexity index is 1040. The standard InChI is InChI=1S/C21H23N3O3S2/c1-2-15-8-6-7-11-17(15)22-20(25)12-28-21-23-18-13-29(26,27)14-19(18)24(21)16-9-4-3-5-10-16/h3-11,18-19H,2,12-14H2,1H3,(H,22,25)/t18-,19+/m0/s1. The van der Waals surface area contributed by atoms with Gasteiger partial charge in [0.15, 0.2) is 15.0 Å². The number of para-hydroxylation sites is 2. The molecule has 1 saturated heterocycles. The Morgan fingerprint density at radius 1 is 1.14 bits per heavy atom. The van der Waals surface area contributed by atoms with Crippen LogP contribution in [0.1, 0.15) is 12.5 Å². The van der Waals surface area contributed by atoms with Crippen LogP contribution in [-0.2, 0) is 21.1 Å². The van der Waals surface area contributed by atoms with Crippen molar-refractivity contribution in [3.8, 4) is 0 Å². The van der Waals surface area contributed by atoms with Crippen LogP contribution >= 0.6 is 11.8 Å². The highest BCUT2D eigenvalue weighted by Crippen LogP contribution is 2.35. The molecule has 1 amide bonds. The van der Waals surface area contributed by atoms with E-state index in [-0.39, 0.29) is 35.2 Å². The van der Waals surface area contributed by atoms with Crippen molar-refractivity contribution < 1.29 is 13.2 Å². The van der Waals surface area contributed by atoms with Gasteiger partial charge in [-0.3, -0.25) is 9.79 Å². The van der Waals surface area contributed by atoms with E-state index in [9.17, 15) is 13.2 Å². The van der Waals surface area contributed by atoms with Crippen LogP contribution in [0.5, 0.6) is 0 Å². The van der Waals surface area contributed by atoms with Crippen molar-refractivity contribution in [2.24, 2.45) is 4.99 Å². The second-order valence-electron chi connectivity index (χ2n) is 7.18. The van der Waals surface area contributed by atoms with Gasteiger partial charge in [-0.1, -0.05) is 55.1 Å². The first-order valence-corrected chi connectivity index (χ1v) is 12.4. The fourth-order valence-corrected chi connectivity index (χ4v) is 6.56. The Balaban J connectivity index is 1.49. The van der Waals surface area contributed by atoms with Gasteiger partial charge in [-0.2, -0.15) is 0 Å². The lowest BCUT2D eigenvalue weighted by Gasteiger charge is -2.26. The summed E-state index contributed by atoms with van der Waals surface area (Å²) in [6.45, 7) is 2.05. The Morgan fingerprint density at radius 3 is 2.62 bits per heavy atom. The Morgan fingerprint density at radius 2 is 1.86 bits per heavy atom. The topological polar surface area (TPSA) is 78.8 Å². The molecule has 2 aromatic rings. The normalized spacial score (nSPS) is 22.2. The van der Waals surface area contributed by atoms with Gasteiger partial charge < -0.3 is 10.2 Å². The number of aryl methyl sites for hydroxylation is 1. The van der Waals surface area contributed by atoms with Gasteiger partial charge in [-0.25, -0.2) is 8.42 Å². The van der Waals surface area contributed by atoms with E-state index in [0.29, 0.717) is 5.17 Å². The highest BCUT2D eigenvalue weighted by Gasteiger charge is 2.47. The number of nitrogens with one attached hydrogen (secondary N) is 1. The van der Waals surface area contributed by atoms with Crippen molar-refractivity contribution in [3.63, 3.8) is 0 Å². The molecule has 0 aromatic heterocycles. The summed E-state index contributed by atoms with van der Waals surface area (Å²) in [7, 11) is -3.09. The molecule has 2 aliphatic heterocycles. The molecule has 4 rings (SSSR count). The molecule has 1 N–H and O–H groups in total. The van der Waals surface area contributed by atoms with E-state index in [1.807, 2.05) is 59.5 Å². The number of thioether (sulfide) groups is 1. The lowest BCUT2D eigenvalue weighted by molar-refractivity contribution is -0.113. The molecule has 0 bridgehead atoms. The average molecular weight is 430 g/mol. The second-order valence-corrected chi connectivity index (χ2v) is 10.3. The van der Waals surface area contributed by atoms with Crippen LogP contribution in [-0.4, -0.2) is 48.8 Å². The first-order chi connectivity index (χ1) is 14.0. The number of fused-ring (bicyclic) bond motifs is 1. The van der Waals surface area contributed by atoms with Gasteiger partial charge in [0.25, 0.3) is 0 Å². The predicted molar refractivity (Wildman–Crippen MR) is 119 cm³/mol. The van der Waals surface area contributed by atoms with Crippen molar-refractivity contribution in [2.75, 3.05) is 27.5 Å². The number of benzene rings is 2. The number of aliphatic imine (C=N–C) groups is 1. The zero-order valence-electron chi connectivity index (χ0n) is 16.1. The zero-order chi connectivity index (χ0) is 20.4. The lowest BCUT2D eigenvalue weighted by atomic mass is 10.1. The van der Waals surface area contributed by atoms with Gasteiger partial charge in [-0.05, 0) is 30.2 Å². The highest BCUT2D eigenvalue weighted by atomic mass is 32.2. The predicted octanol–water partition coefficient (Wildman–Crippen LogP) is 2.96. The number of hydrogen-bond donors (Lipinski definition) is 1. The summed E-state index contributed by atoms with van der Waals surface area (Å²) in [5, 5.41) is 3.68. The number of rotatable bonds is 5. The molecular weight excluding hydrogens is 406 g/mol. The van der Waals surface area contributed by atoms with Crippen LogP contribution in [0.2, 0.25) is 0 Å². The molecule has 0 saturated carbocycles. The van der Waals surface area contributed by atoms with Crippen LogP contribution in [0.25, 0.3) is 0 Å². The average Bonchev–Trinajstić information content (AvgIpc) is 3.18. The van der Waals surface area contributed by atoms with Gasteiger partial charge >= 0.3 is 0 Å². The van der Waals surface area contributed by atoms with E-state index >= 15 is 0 Å². The summed E-state index contributed by atoms with van der Waals surface area (Å²) in [6.07, 6.45) is 0.843. The highest BCUT2D eigenvalue weighted by molar-refractivity contribution is 8.14. The van der Waals surface area contributed by atoms with Gasteiger partial charge in [0.2, 0.25) is 5.91 Å². The maximum absolute atomic E-state index is 12.5. The third kappa shape index (κ3) is 4.33. The van der Waals surface area contributed by atoms with Crippen molar-refractivity contribution in [1.82, 2.24) is 0 Å². The maximum atomic E-state index is 12.5. The van der Waals surface area contributed by atoms with Gasteiger partial charge in [0.05, 0.1) is 29.3 Å². The molecule has 0 aliphatic carbocycles. The quantitative estimate of drug-likeness (QED) is 0.791. The van der Waals surface area contributed by atoms with E-state index in [0.717, 1.165) is 23.4 Å². The maximum Gasteiger partial charge on any atom is 0.234 e. The number of hydrogen-bond acceptors (Lipinski definition) is 6. The molecule has 2 aliphatic rings. The second kappa shape index (κ2) is 8.20. The summed E-state index contributed by atoms with van der Waals surface area (Å²) in [5.41, 5.74) is 2.83. The minimum absolute atomic E-state index is 0.0706. The smallest absolute Gasteiger partial charge is 0.234 e. The zero-order valence-corrected chi connectivity index (χ0v) is 17.7. The monoisotopic (exact) mass is 429 g/mol. The van der Waals surface area contributed by atoms with E-state index < -0.39 is 9.84 Å². The largest absolute Gasteiger partial charge is 0.325 e. The van der Waals surface area contributed by atoms with E-state index in [1.54, 1.807) is 0 Å². The van der Waals surface area contributed by atoms with Crippen molar-refractivity contribution in [2.45, 2.75) is 25.4 Å². The molecule has 0 radical (unpaired) electrons. The Kier molecular flexibility index (Phi) is 5.65. The summed E-state index contributed by atoms with van der Waals surface area (Å²) >= 11 is 1.35. The Hall–Kier alpha value is -2.32. The first kappa shape index (κ1) is 20.0. The number of nitrogens with zero attached hydrogens (tertiary/aromatic N) is 2. The van der Waals surface area contributed by atoms with Crippen LogP contribution < -0.4 is 10.2 Å². The van der Waals surface area contributed by atoms with Crippen LogP contribution in [0, 0.1) is 0 Å². The Labute approximate surface area is 175 Å². The van der Waals surface area contributed by atoms with Crippen molar-refractivity contribution in [3.05, 3.63) is 60.2 Å². The fourth-order valence-electron chi connectivity index (χ4n) is 3.79. The SMILES string of the molecule is CCc1ccccc1NC(=O)CSC1=N[C@H]2CS(=O)(=O)C[C@H]2N1c1ccccc1. The first-order valence-electron chi connectivity index (χ1n) is 9.60. The molecule has 2 aromatic carbocycles. The fraction of sp³-hybridized carbons (Fsp3) is 0.333. The molecule has 29 heavy (non-hydrogen) atoms. The van der Waals surface area contributed by atoms with E-state index in [4.69, 9.17) is 0 Å². The molecule has 2 heterocycles. The molecule has 8 heteroatoms. The van der Waals surface area contributed by atoms with Crippen LogP contribution in [0.15, 0.2) is 59.6 Å². The summed E-state index contributed by atoms with van der Waals surface area (Å²) < 4.78 is 24.2. The lowest BCUT2D eigenvalue weighted by Crippen LogP contribution is -2.39. The van der Waals surface area contributed by atoms with Gasteiger partial charge in [0, 0.05) is 11.4 Å². The molecule has 6 nitrogen and oxygen atoms in total. The number of amides is 1. The van der Waals surface area contributed by atoms with Gasteiger partial charge in [0.1, 0.15) is 0 Å². The molecule has 1 fully saturated rings. The van der Waals surface area contributed by atoms with E-state index in [1.165, 1.54) is 11.8 Å². The number of carbonyl (C=O) groups is 1. The minimum Gasteiger partial charge on any atom is -0.325 e. The third-order valence-corrected chi connectivity index (χ3v) is 7.81.